The molecule has 290 valence electrons. The number of halogens is 3. The highest BCUT2D eigenvalue weighted by Crippen LogP contribution is 2.42. The molecule has 0 saturated carbocycles. The molecule has 10 nitrogen and oxygen atoms in total. The average Bonchev–Trinajstić information content (AvgIpc) is 3.19. The second kappa shape index (κ2) is 20.7. The molecule has 0 N–H and O–H groups in total. The van der Waals surface area contributed by atoms with Crippen LogP contribution in [0.2, 0.25) is 0 Å². The standard InChI is InChI=1S/C41H46N4O6.3ClH/c1-46-36-22-30(23-37(47-2)40(36)50-5)34-20-28(12-16-42-34)26-44-18-14-33(15-19-44)45(32-10-8-7-9-11-32)27-29-13-17-43-35(21-29)31-24-38(48-3)41(51-6)39(25-31)49-4;;;/h7-13,16-17,20-25,33H,14-15,18-19,26-27H2,1-6H3;3*1H. The van der Waals surface area contributed by atoms with Gasteiger partial charge in [-0.2, -0.15) is 0 Å². The second-order valence-corrected chi connectivity index (χ2v) is 12.4. The van der Waals surface area contributed by atoms with Gasteiger partial charge in [0.25, 0.3) is 0 Å². The van der Waals surface area contributed by atoms with E-state index in [1.807, 2.05) is 36.7 Å². The van der Waals surface area contributed by atoms with Crippen molar-refractivity contribution in [3.05, 3.63) is 102 Å². The van der Waals surface area contributed by atoms with E-state index in [1.54, 1.807) is 42.7 Å². The van der Waals surface area contributed by atoms with Crippen molar-refractivity contribution in [2.24, 2.45) is 0 Å². The number of ether oxygens (including phenoxy) is 6. The lowest BCUT2D eigenvalue weighted by Gasteiger charge is -2.40. The minimum Gasteiger partial charge on any atom is -0.493 e. The largest absolute Gasteiger partial charge is 0.493 e. The third-order valence-corrected chi connectivity index (χ3v) is 9.41. The molecule has 1 saturated heterocycles. The quantitative estimate of drug-likeness (QED) is 0.109. The Hall–Kier alpha value is -4.61. The monoisotopic (exact) mass is 798 g/mol. The van der Waals surface area contributed by atoms with Gasteiger partial charge in [-0.25, -0.2) is 0 Å². The Morgan fingerprint density at radius 3 is 1.46 bits per heavy atom. The lowest BCUT2D eigenvalue weighted by Crippen LogP contribution is -2.44. The predicted octanol–water partition coefficient (Wildman–Crippen LogP) is 8.80. The summed E-state index contributed by atoms with van der Waals surface area (Å²) in [7, 11) is 9.71. The summed E-state index contributed by atoms with van der Waals surface area (Å²) in [4.78, 5) is 14.5. The lowest BCUT2D eigenvalue weighted by atomic mass is 10.00. The van der Waals surface area contributed by atoms with Crippen LogP contribution in [0.25, 0.3) is 22.5 Å². The van der Waals surface area contributed by atoms with Gasteiger partial charge < -0.3 is 33.3 Å². The maximum atomic E-state index is 5.61. The number of hydrogen-bond donors (Lipinski definition) is 0. The van der Waals surface area contributed by atoms with Crippen molar-refractivity contribution in [1.82, 2.24) is 14.9 Å². The zero-order chi connectivity index (χ0) is 35.7. The van der Waals surface area contributed by atoms with Crippen molar-refractivity contribution < 1.29 is 28.4 Å². The van der Waals surface area contributed by atoms with Gasteiger partial charge in [-0.3, -0.25) is 14.9 Å². The number of hydrogen-bond acceptors (Lipinski definition) is 10. The Morgan fingerprint density at radius 2 is 1.02 bits per heavy atom. The molecule has 3 heterocycles. The number of pyridine rings is 2. The zero-order valence-corrected chi connectivity index (χ0v) is 33.9. The average molecular weight is 800 g/mol. The minimum absolute atomic E-state index is 0. The Labute approximate surface area is 336 Å². The first-order valence-corrected chi connectivity index (χ1v) is 17.0. The fourth-order valence-electron chi connectivity index (χ4n) is 6.81. The number of anilines is 1. The maximum absolute atomic E-state index is 5.61. The lowest BCUT2D eigenvalue weighted by molar-refractivity contribution is 0.201. The highest BCUT2D eigenvalue weighted by Gasteiger charge is 2.26. The normalized spacial score (nSPS) is 12.6. The van der Waals surface area contributed by atoms with Gasteiger partial charge in [0, 0.05) is 61.4 Å². The Kier molecular flexibility index (Phi) is 16.8. The molecule has 3 aromatic carbocycles. The number of benzene rings is 3. The number of methoxy groups -OCH3 is 6. The number of nitrogens with zero attached hydrogens (tertiary/aromatic N) is 4. The molecular weight excluding hydrogens is 751 g/mol. The Balaban J connectivity index is 0.00000261. The summed E-state index contributed by atoms with van der Waals surface area (Å²) >= 11 is 0. The molecule has 2 aromatic heterocycles. The molecule has 0 aliphatic carbocycles. The number of para-hydroxylation sites is 1. The van der Waals surface area contributed by atoms with E-state index in [0.29, 0.717) is 40.5 Å². The first kappa shape index (κ1) is 43.8. The molecule has 54 heavy (non-hydrogen) atoms. The summed E-state index contributed by atoms with van der Waals surface area (Å²) in [5, 5.41) is 0. The summed E-state index contributed by atoms with van der Waals surface area (Å²) in [5.41, 5.74) is 7.12. The SMILES string of the molecule is COc1cc(-c2cc(CN3CCC(N(Cc4ccnc(-c5cc(OC)c(OC)c(OC)c5)c4)c4ccccc4)CC3)ccn2)cc(OC)c1OC.Cl.Cl.Cl. The van der Waals surface area contributed by atoms with Crippen molar-refractivity contribution in [3.63, 3.8) is 0 Å². The van der Waals surface area contributed by atoms with Gasteiger partial charge in [0.15, 0.2) is 23.0 Å². The van der Waals surface area contributed by atoms with Crippen LogP contribution in [0.4, 0.5) is 5.69 Å². The Morgan fingerprint density at radius 1 is 0.574 bits per heavy atom. The summed E-state index contributed by atoms with van der Waals surface area (Å²) in [6, 6.07) is 27.3. The molecule has 0 spiro atoms. The van der Waals surface area contributed by atoms with E-state index in [9.17, 15) is 0 Å². The van der Waals surface area contributed by atoms with Crippen molar-refractivity contribution in [1.29, 1.82) is 0 Å². The van der Waals surface area contributed by atoms with E-state index < -0.39 is 0 Å². The van der Waals surface area contributed by atoms with Crippen LogP contribution in [0.1, 0.15) is 24.0 Å². The van der Waals surface area contributed by atoms with Gasteiger partial charge in [-0.15, -0.1) is 37.2 Å². The number of rotatable bonds is 14. The third kappa shape index (κ3) is 9.92. The van der Waals surface area contributed by atoms with Crippen molar-refractivity contribution in [2.75, 3.05) is 60.6 Å². The van der Waals surface area contributed by atoms with E-state index in [-0.39, 0.29) is 37.2 Å². The molecule has 1 fully saturated rings. The van der Waals surface area contributed by atoms with E-state index in [1.165, 1.54) is 16.8 Å². The molecule has 0 amide bonds. The van der Waals surface area contributed by atoms with Crippen LogP contribution >= 0.6 is 37.2 Å². The van der Waals surface area contributed by atoms with Crippen LogP contribution in [0.5, 0.6) is 34.5 Å². The van der Waals surface area contributed by atoms with Gasteiger partial charge in [0.1, 0.15) is 0 Å². The Bertz CT molecular complexity index is 1880. The molecule has 5 aromatic rings. The van der Waals surface area contributed by atoms with Crippen LogP contribution in [0.15, 0.2) is 91.3 Å². The second-order valence-electron chi connectivity index (χ2n) is 12.4. The van der Waals surface area contributed by atoms with E-state index >= 15 is 0 Å². The molecule has 1 aliphatic heterocycles. The minimum atomic E-state index is 0. The number of aromatic nitrogens is 2. The van der Waals surface area contributed by atoms with E-state index in [0.717, 1.165) is 61.5 Å². The van der Waals surface area contributed by atoms with Gasteiger partial charge in [0.05, 0.1) is 54.0 Å². The molecule has 0 atom stereocenters. The van der Waals surface area contributed by atoms with Gasteiger partial charge >= 0.3 is 0 Å². The molecule has 13 heteroatoms. The van der Waals surface area contributed by atoms with Gasteiger partial charge in [-0.1, -0.05) is 18.2 Å². The molecule has 1 aliphatic rings. The summed E-state index contributed by atoms with van der Waals surface area (Å²) < 4.78 is 33.4. The number of likely N-dealkylation sites (tertiary alicyclic amines) is 1. The van der Waals surface area contributed by atoms with Gasteiger partial charge in [0.2, 0.25) is 11.5 Å². The molecular formula is C41H49Cl3N4O6. The summed E-state index contributed by atoms with van der Waals surface area (Å²) in [5.74, 6) is 3.53. The molecule has 0 radical (unpaired) electrons. The first-order chi connectivity index (χ1) is 25.0. The topological polar surface area (TPSA) is 87.6 Å². The highest BCUT2D eigenvalue weighted by atomic mass is 35.5. The summed E-state index contributed by atoms with van der Waals surface area (Å²) in [6.07, 6.45) is 5.84. The van der Waals surface area contributed by atoms with Crippen LogP contribution < -0.4 is 33.3 Å². The molecule has 0 bridgehead atoms. The van der Waals surface area contributed by atoms with Crippen LogP contribution in [-0.2, 0) is 13.1 Å². The fourth-order valence-corrected chi connectivity index (χ4v) is 6.81. The molecule has 6 rings (SSSR count). The first-order valence-electron chi connectivity index (χ1n) is 17.0. The van der Waals surface area contributed by atoms with Gasteiger partial charge in [-0.05, 0) is 84.6 Å². The third-order valence-electron chi connectivity index (χ3n) is 9.41. The van der Waals surface area contributed by atoms with Crippen molar-refractivity contribution in [2.45, 2.75) is 32.0 Å². The van der Waals surface area contributed by atoms with E-state index in [2.05, 4.69) is 69.4 Å². The highest BCUT2D eigenvalue weighted by molar-refractivity contribution is 5.86. The van der Waals surface area contributed by atoms with Crippen LogP contribution in [0.3, 0.4) is 0 Å². The van der Waals surface area contributed by atoms with Crippen molar-refractivity contribution in [3.8, 4) is 57.0 Å². The smallest absolute Gasteiger partial charge is 0.203 e. The molecule has 0 unspecified atom stereocenters. The number of piperidine rings is 1. The maximum Gasteiger partial charge on any atom is 0.203 e. The van der Waals surface area contributed by atoms with Crippen LogP contribution in [-0.4, -0.2) is 76.7 Å². The fraction of sp³-hybridized carbons (Fsp3) is 0.317. The van der Waals surface area contributed by atoms with Crippen LogP contribution in [0, 0.1) is 0 Å². The predicted molar refractivity (Wildman–Crippen MR) is 221 cm³/mol. The van der Waals surface area contributed by atoms with Crippen molar-refractivity contribution >= 4 is 42.9 Å². The zero-order valence-electron chi connectivity index (χ0n) is 31.4. The summed E-state index contributed by atoms with van der Waals surface area (Å²) in [6.45, 7) is 3.59. The van der Waals surface area contributed by atoms with E-state index in [4.69, 9.17) is 33.4 Å².